The van der Waals surface area contributed by atoms with E-state index in [0.717, 1.165) is 42.2 Å². The number of nitrogens with zero attached hydrogens (tertiary/aromatic N) is 5. The first-order valence-electron chi connectivity index (χ1n) is 9.93. The van der Waals surface area contributed by atoms with Gasteiger partial charge in [-0.3, -0.25) is 9.89 Å². The number of hydrogen-bond acceptors (Lipinski definition) is 5. The minimum atomic E-state index is -0.0115. The minimum Gasteiger partial charge on any atom is -0.497 e. The van der Waals surface area contributed by atoms with Crippen molar-refractivity contribution in [2.24, 2.45) is 12.5 Å². The van der Waals surface area contributed by atoms with Gasteiger partial charge < -0.3 is 14.2 Å². The fourth-order valence-electron chi connectivity index (χ4n) is 4.76. The average Bonchev–Trinajstić information content (AvgIpc) is 3.44. The lowest BCUT2D eigenvalue weighted by Crippen LogP contribution is -2.38. The molecule has 1 aliphatic heterocycles. The number of aromatic nitrogens is 5. The summed E-state index contributed by atoms with van der Waals surface area (Å²) in [6.07, 6.45) is 5.21. The van der Waals surface area contributed by atoms with Crippen molar-refractivity contribution in [2.45, 2.75) is 25.2 Å². The number of aryl methyl sites for hydroxylation is 1. The summed E-state index contributed by atoms with van der Waals surface area (Å²) in [5.74, 6) is 1.95. The number of aromatic amines is 1. The standard InChI is InChI=1S/C21H24N6O2/c1-26-13-22-25-19(26)16-11-27(12-21(16)7-4-8-21)20(28)18-10-17(23-24-18)14-5-3-6-15(9-14)29-2/h3,5-6,9-10,13,16H,4,7-8,11-12H2,1-2H3,(H,23,24). The Labute approximate surface area is 168 Å². The Kier molecular flexibility index (Phi) is 4.15. The molecule has 1 aromatic carbocycles. The van der Waals surface area contributed by atoms with Crippen molar-refractivity contribution in [1.29, 1.82) is 0 Å². The van der Waals surface area contributed by atoms with Gasteiger partial charge in [-0.25, -0.2) is 0 Å². The molecule has 2 aromatic heterocycles. The normalized spacial score (nSPS) is 20.1. The monoisotopic (exact) mass is 392 g/mol. The van der Waals surface area contributed by atoms with Crippen molar-refractivity contribution >= 4 is 5.91 Å². The molecule has 150 valence electrons. The number of ether oxygens (including phenoxy) is 1. The summed E-state index contributed by atoms with van der Waals surface area (Å²) in [5, 5.41) is 15.7. The van der Waals surface area contributed by atoms with Gasteiger partial charge in [-0.1, -0.05) is 18.6 Å². The molecule has 1 saturated heterocycles. The van der Waals surface area contributed by atoms with Crippen LogP contribution in [0.2, 0.25) is 0 Å². The average molecular weight is 392 g/mol. The summed E-state index contributed by atoms with van der Waals surface area (Å²) in [5.41, 5.74) is 2.28. The number of carbonyl (C=O) groups is 1. The number of benzene rings is 1. The third-order valence-electron chi connectivity index (χ3n) is 6.52. The van der Waals surface area contributed by atoms with Gasteiger partial charge in [0.25, 0.3) is 5.91 Å². The number of methoxy groups -OCH3 is 1. The number of amides is 1. The van der Waals surface area contributed by atoms with Crippen LogP contribution in [0.4, 0.5) is 0 Å². The van der Waals surface area contributed by atoms with Crippen LogP contribution in [0.5, 0.6) is 5.75 Å². The SMILES string of the molecule is COc1cccc(-c2cc(C(=O)N3CC(c4nncn4C)C4(CCC4)C3)[nH]n2)c1. The molecule has 1 saturated carbocycles. The zero-order chi connectivity index (χ0) is 20.0. The molecule has 8 heteroatoms. The van der Waals surface area contributed by atoms with Gasteiger partial charge in [-0.2, -0.15) is 5.10 Å². The van der Waals surface area contributed by atoms with E-state index in [-0.39, 0.29) is 17.2 Å². The maximum atomic E-state index is 13.2. The zero-order valence-electron chi connectivity index (χ0n) is 16.6. The molecule has 1 amide bonds. The van der Waals surface area contributed by atoms with E-state index in [1.54, 1.807) is 13.4 Å². The van der Waals surface area contributed by atoms with Gasteiger partial charge in [0.1, 0.15) is 23.6 Å². The molecule has 8 nitrogen and oxygen atoms in total. The number of carbonyl (C=O) groups excluding carboxylic acids is 1. The molecule has 0 bridgehead atoms. The van der Waals surface area contributed by atoms with Gasteiger partial charge in [-0.05, 0) is 36.5 Å². The van der Waals surface area contributed by atoms with Crippen molar-refractivity contribution in [1.82, 2.24) is 29.9 Å². The van der Waals surface area contributed by atoms with E-state index >= 15 is 0 Å². The summed E-state index contributed by atoms with van der Waals surface area (Å²) in [7, 11) is 3.61. The van der Waals surface area contributed by atoms with E-state index in [1.807, 2.05) is 46.8 Å². The summed E-state index contributed by atoms with van der Waals surface area (Å²) < 4.78 is 7.27. The lowest BCUT2D eigenvalue weighted by Gasteiger charge is -2.42. The smallest absolute Gasteiger partial charge is 0.271 e. The van der Waals surface area contributed by atoms with Crippen molar-refractivity contribution in [2.75, 3.05) is 20.2 Å². The predicted molar refractivity (Wildman–Crippen MR) is 107 cm³/mol. The topological polar surface area (TPSA) is 88.9 Å². The van der Waals surface area contributed by atoms with E-state index < -0.39 is 0 Å². The van der Waals surface area contributed by atoms with E-state index in [2.05, 4.69) is 20.4 Å². The summed E-state index contributed by atoms with van der Waals surface area (Å²) >= 11 is 0. The van der Waals surface area contributed by atoms with Crippen molar-refractivity contribution in [3.8, 4) is 17.0 Å². The highest BCUT2D eigenvalue weighted by molar-refractivity contribution is 5.93. The third-order valence-corrected chi connectivity index (χ3v) is 6.52. The largest absolute Gasteiger partial charge is 0.497 e. The van der Waals surface area contributed by atoms with Gasteiger partial charge in [0.05, 0.1) is 12.8 Å². The molecule has 1 spiro atoms. The van der Waals surface area contributed by atoms with Crippen LogP contribution in [0.3, 0.4) is 0 Å². The van der Waals surface area contributed by atoms with Gasteiger partial charge in [0.15, 0.2) is 0 Å². The summed E-state index contributed by atoms with van der Waals surface area (Å²) in [4.78, 5) is 15.2. The first-order valence-corrected chi connectivity index (χ1v) is 9.93. The number of nitrogens with one attached hydrogen (secondary N) is 1. The van der Waals surface area contributed by atoms with Gasteiger partial charge in [0, 0.05) is 31.6 Å². The van der Waals surface area contributed by atoms with Crippen LogP contribution in [0.1, 0.15) is 41.5 Å². The Morgan fingerprint density at radius 2 is 2.17 bits per heavy atom. The highest BCUT2D eigenvalue weighted by Gasteiger charge is 2.53. The van der Waals surface area contributed by atoms with Crippen LogP contribution < -0.4 is 4.74 Å². The second kappa shape index (κ2) is 6.72. The molecule has 0 radical (unpaired) electrons. The van der Waals surface area contributed by atoms with E-state index in [9.17, 15) is 4.79 Å². The van der Waals surface area contributed by atoms with Crippen molar-refractivity contribution < 1.29 is 9.53 Å². The Balaban J connectivity index is 1.39. The van der Waals surface area contributed by atoms with E-state index in [1.165, 1.54) is 6.42 Å². The number of H-pyrrole nitrogens is 1. The molecular formula is C21H24N6O2. The zero-order valence-corrected chi connectivity index (χ0v) is 16.6. The Morgan fingerprint density at radius 1 is 1.31 bits per heavy atom. The summed E-state index contributed by atoms with van der Waals surface area (Å²) in [6, 6.07) is 9.48. The minimum absolute atomic E-state index is 0.0115. The van der Waals surface area contributed by atoms with Crippen LogP contribution in [0, 0.1) is 5.41 Å². The molecule has 1 N–H and O–H groups in total. The predicted octanol–water partition coefficient (Wildman–Crippen LogP) is 2.62. The van der Waals surface area contributed by atoms with Gasteiger partial charge >= 0.3 is 0 Å². The Hall–Kier alpha value is -3.16. The molecule has 1 atom stereocenters. The number of likely N-dealkylation sites (tertiary alicyclic amines) is 1. The number of rotatable bonds is 4. The van der Waals surface area contributed by atoms with Crippen LogP contribution >= 0.6 is 0 Å². The van der Waals surface area contributed by atoms with Crippen LogP contribution in [-0.2, 0) is 7.05 Å². The molecule has 2 aliphatic rings. The quantitative estimate of drug-likeness (QED) is 0.737. The highest BCUT2D eigenvalue weighted by Crippen LogP contribution is 2.55. The second-order valence-corrected chi connectivity index (χ2v) is 8.15. The Bertz CT molecular complexity index is 1050. The fourth-order valence-corrected chi connectivity index (χ4v) is 4.76. The van der Waals surface area contributed by atoms with Crippen LogP contribution in [0.15, 0.2) is 36.7 Å². The van der Waals surface area contributed by atoms with Gasteiger partial charge in [0.2, 0.25) is 0 Å². The van der Waals surface area contributed by atoms with Crippen molar-refractivity contribution in [3.05, 3.63) is 48.2 Å². The second-order valence-electron chi connectivity index (χ2n) is 8.15. The molecular weight excluding hydrogens is 368 g/mol. The third kappa shape index (κ3) is 2.90. The molecule has 1 unspecified atom stereocenters. The fraction of sp³-hybridized carbons (Fsp3) is 0.429. The molecule has 29 heavy (non-hydrogen) atoms. The lowest BCUT2D eigenvalue weighted by atomic mass is 9.62. The maximum absolute atomic E-state index is 13.2. The van der Waals surface area contributed by atoms with E-state index in [0.29, 0.717) is 12.2 Å². The van der Waals surface area contributed by atoms with Crippen LogP contribution in [0.25, 0.3) is 11.3 Å². The maximum Gasteiger partial charge on any atom is 0.271 e. The molecule has 2 fully saturated rings. The lowest BCUT2D eigenvalue weighted by molar-refractivity contribution is 0.0718. The molecule has 3 aromatic rings. The molecule has 3 heterocycles. The first-order chi connectivity index (χ1) is 14.1. The van der Waals surface area contributed by atoms with E-state index in [4.69, 9.17) is 4.74 Å². The Morgan fingerprint density at radius 3 is 2.86 bits per heavy atom. The summed E-state index contributed by atoms with van der Waals surface area (Å²) in [6.45, 7) is 1.43. The first kappa shape index (κ1) is 17.9. The van der Waals surface area contributed by atoms with Gasteiger partial charge in [-0.15, -0.1) is 10.2 Å². The highest BCUT2D eigenvalue weighted by atomic mass is 16.5. The molecule has 5 rings (SSSR count). The van der Waals surface area contributed by atoms with Crippen molar-refractivity contribution in [3.63, 3.8) is 0 Å². The molecule has 1 aliphatic carbocycles. The van der Waals surface area contributed by atoms with Crippen LogP contribution in [-0.4, -0.2) is 56.0 Å². The number of hydrogen-bond donors (Lipinski definition) is 1.